The summed E-state index contributed by atoms with van der Waals surface area (Å²) < 4.78 is 0. The number of aliphatic hydroxyl groups is 1. The van der Waals surface area contributed by atoms with Gasteiger partial charge in [-0.05, 0) is 19.8 Å². The van der Waals surface area contributed by atoms with Crippen LogP contribution in [0, 0.1) is 0 Å². The number of likely N-dealkylation sites (tertiary alicyclic amines) is 2. The van der Waals surface area contributed by atoms with Crippen molar-refractivity contribution in [3.05, 3.63) is 0 Å². The number of amides is 2. The summed E-state index contributed by atoms with van der Waals surface area (Å²) in [6.45, 7) is 3.45. The molecule has 2 fully saturated rings. The van der Waals surface area contributed by atoms with E-state index in [9.17, 15) is 9.59 Å². The topological polar surface area (TPSA) is 60.9 Å². The van der Waals surface area contributed by atoms with Gasteiger partial charge < -0.3 is 14.9 Å². The molecule has 1 unspecified atom stereocenters. The molecule has 0 saturated carbocycles. The Hall–Kier alpha value is -1.10. The van der Waals surface area contributed by atoms with Gasteiger partial charge >= 0.3 is 0 Å². The molecule has 2 amide bonds. The average molecular weight is 242 g/mol. The van der Waals surface area contributed by atoms with Crippen molar-refractivity contribution in [2.45, 2.75) is 45.3 Å². The molecule has 5 heteroatoms. The molecule has 5 nitrogen and oxygen atoms in total. The minimum atomic E-state index is -0.512. The Morgan fingerprint density at radius 3 is 2.24 bits per heavy atom. The maximum atomic E-state index is 10.8. The summed E-state index contributed by atoms with van der Waals surface area (Å²) in [4.78, 5) is 24.8. The second kappa shape index (κ2) is 6.59. The van der Waals surface area contributed by atoms with E-state index in [-0.39, 0.29) is 5.91 Å². The summed E-state index contributed by atoms with van der Waals surface area (Å²) in [5.74, 6) is 0.376. The molecule has 0 aromatic rings. The molecule has 2 rings (SSSR count). The molecule has 2 saturated heterocycles. The minimum absolute atomic E-state index is 0.0741. The molecule has 2 aliphatic heterocycles. The SMILES string of the molecule is CCN1C(=O)CCC1O.CN1CCCCC1=O. The molecule has 0 aliphatic carbocycles. The van der Waals surface area contributed by atoms with Crippen LogP contribution in [-0.2, 0) is 9.59 Å². The van der Waals surface area contributed by atoms with E-state index >= 15 is 0 Å². The standard InChI is InChI=1S/C6H11NO2.C6H11NO/c1-2-7-5(8)3-4-6(7)9;1-7-5-3-2-4-6(7)8/h5,8H,2-4H2,1H3;2-5H2,1H3. The van der Waals surface area contributed by atoms with E-state index in [1.165, 1.54) is 11.3 Å². The fraction of sp³-hybridized carbons (Fsp3) is 0.833. The Bertz CT molecular complexity index is 281. The smallest absolute Gasteiger partial charge is 0.224 e. The van der Waals surface area contributed by atoms with Gasteiger partial charge in [0.15, 0.2) is 0 Å². The lowest BCUT2D eigenvalue weighted by Gasteiger charge is -2.21. The third-order valence-electron chi connectivity index (χ3n) is 3.20. The van der Waals surface area contributed by atoms with Crippen LogP contribution < -0.4 is 0 Å². The van der Waals surface area contributed by atoms with Gasteiger partial charge in [0, 0.05) is 39.4 Å². The van der Waals surface area contributed by atoms with Gasteiger partial charge in [0.05, 0.1) is 0 Å². The van der Waals surface area contributed by atoms with E-state index in [4.69, 9.17) is 5.11 Å². The fourth-order valence-corrected chi connectivity index (χ4v) is 2.05. The third kappa shape index (κ3) is 4.00. The van der Waals surface area contributed by atoms with Gasteiger partial charge in [-0.3, -0.25) is 9.59 Å². The number of hydrogen-bond donors (Lipinski definition) is 1. The monoisotopic (exact) mass is 242 g/mol. The van der Waals surface area contributed by atoms with E-state index in [0.29, 0.717) is 25.3 Å². The van der Waals surface area contributed by atoms with Crippen molar-refractivity contribution < 1.29 is 14.7 Å². The van der Waals surface area contributed by atoms with E-state index in [0.717, 1.165) is 19.4 Å². The van der Waals surface area contributed by atoms with Crippen LogP contribution >= 0.6 is 0 Å². The number of carbonyl (C=O) groups excluding carboxylic acids is 2. The number of nitrogens with zero attached hydrogens (tertiary/aromatic N) is 2. The van der Waals surface area contributed by atoms with Crippen LogP contribution in [0.2, 0.25) is 0 Å². The molecule has 0 spiro atoms. The zero-order valence-electron chi connectivity index (χ0n) is 10.7. The normalized spacial score (nSPS) is 24.8. The van der Waals surface area contributed by atoms with Gasteiger partial charge in [-0.2, -0.15) is 0 Å². The summed E-state index contributed by atoms with van der Waals surface area (Å²) in [6, 6.07) is 0. The summed E-state index contributed by atoms with van der Waals surface area (Å²) in [7, 11) is 1.86. The van der Waals surface area contributed by atoms with Gasteiger partial charge in [-0.25, -0.2) is 0 Å². The van der Waals surface area contributed by atoms with Crippen LogP contribution in [0.3, 0.4) is 0 Å². The molecule has 98 valence electrons. The first-order valence-electron chi connectivity index (χ1n) is 6.27. The van der Waals surface area contributed by atoms with E-state index in [1.54, 1.807) is 4.90 Å². The third-order valence-corrected chi connectivity index (χ3v) is 3.20. The van der Waals surface area contributed by atoms with Crippen LogP contribution in [0.1, 0.15) is 39.0 Å². The van der Waals surface area contributed by atoms with Crippen LogP contribution in [0.4, 0.5) is 0 Å². The summed E-state index contributed by atoms with van der Waals surface area (Å²) in [5, 5.41) is 9.06. The highest BCUT2D eigenvalue weighted by molar-refractivity contribution is 5.78. The number of carbonyl (C=O) groups is 2. The van der Waals surface area contributed by atoms with Crippen molar-refractivity contribution in [3.8, 4) is 0 Å². The highest BCUT2D eigenvalue weighted by Crippen LogP contribution is 2.14. The Balaban J connectivity index is 0.000000171. The van der Waals surface area contributed by atoms with Crippen molar-refractivity contribution in [3.63, 3.8) is 0 Å². The van der Waals surface area contributed by atoms with Crippen molar-refractivity contribution in [1.29, 1.82) is 0 Å². The second-order valence-electron chi connectivity index (χ2n) is 4.47. The van der Waals surface area contributed by atoms with Crippen molar-refractivity contribution in [2.24, 2.45) is 0 Å². The minimum Gasteiger partial charge on any atom is -0.374 e. The summed E-state index contributed by atoms with van der Waals surface area (Å²) in [5.41, 5.74) is 0. The van der Waals surface area contributed by atoms with Crippen LogP contribution in [-0.4, -0.2) is 53.1 Å². The molecule has 0 bridgehead atoms. The molecule has 1 N–H and O–H groups in total. The second-order valence-corrected chi connectivity index (χ2v) is 4.47. The van der Waals surface area contributed by atoms with Crippen LogP contribution in [0.15, 0.2) is 0 Å². The fourth-order valence-electron chi connectivity index (χ4n) is 2.05. The molecule has 1 atom stereocenters. The summed E-state index contributed by atoms with van der Waals surface area (Å²) >= 11 is 0. The van der Waals surface area contributed by atoms with Gasteiger partial charge in [-0.15, -0.1) is 0 Å². The number of aliphatic hydroxyl groups excluding tert-OH is 1. The van der Waals surface area contributed by atoms with Gasteiger partial charge in [0.1, 0.15) is 6.23 Å². The lowest BCUT2D eigenvalue weighted by molar-refractivity contribution is -0.133. The average Bonchev–Trinajstić information content (AvgIpc) is 2.63. The van der Waals surface area contributed by atoms with Crippen molar-refractivity contribution >= 4 is 11.8 Å². The van der Waals surface area contributed by atoms with E-state index in [2.05, 4.69) is 0 Å². The van der Waals surface area contributed by atoms with Gasteiger partial charge in [0.2, 0.25) is 11.8 Å². The zero-order chi connectivity index (χ0) is 12.8. The molecular weight excluding hydrogens is 220 g/mol. The highest BCUT2D eigenvalue weighted by atomic mass is 16.3. The number of hydrogen-bond acceptors (Lipinski definition) is 3. The molecule has 0 aromatic heterocycles. The molecule has 0 radical (unpaired) electrons. The maximum absolute atomic E-state index is 10.8. The Morgan fingerprint density at radius 1 is 1.24 bits per heavy atom. The van der Waals surface area contributed by atoms with E-state index in [1.807, 2.05) is 14.0 Å². The van der Waals surface area contributed by atoms with Gasteiger partial charge in [0.25, 0.3) is 0 Å². The Kier molecular flexibility index (Phi) is 5.41. The van der Waals surface area contributed by atoms with Crippen LogP contribution in [0.25, 0.3) is 0 Å². The zero-order valence-corrected chi connectivity index (χ0v) is 10.7. The highest BCUT2D eigenvalue weighted by Gasteiger charge is 2.26. The quantitative estimate of drug-likeness (QED) is 0.731. The Labute approximate surface area is 102 Å². The van der Waals surface area contributed by atoms with Crippen molar-refractivity contribution in [2.75, 3.05) is 20.1 Å². The largest absolute Gasteiger partial charge is 0.374 e. The molecular formula is C12H22N2O3. The molecule has 2 aliphatic rings. The molecule has 2 heterocycles. The first kappa shape index (κ1) is 14.0. The lowest BCUT2D eigenvalue weighted by atomic mass is 10.1. The molecule has 0 aromatic carbocycles. The Morgan fingerprint density at radius 2 is 1.94 bits per heavy atom. The van der Waals surface area contributed by atoms with Crippen molar-refractivity contribution in [1.82, 2.24) is 9.80 Å². The predicted octanol–water partition coefficient (Wildman–Crippen LogP) is 0.576. The predicted molar refractivity (Wildman–Crippen MR) is 64.1 cm³/mol. The summed E-state index contributed by atoms with van der Waals surface area (Å²) in [6.07, 6.45) is 3.63. The first-order chi connectivity index (χ1) is 8.06. The first-order valence-corrected chi connectivity index (χ1v) is 6.27. The van der Waals surface area contributed by atoms with Gasteiger partial charge in [-0.1, -0.05) is 0 Å². The lowest BCUT2D eigenvalue weighted by Crippen LogP contribution is -2.32. The van der Waals surface area contributed by atoms with Crippen LogP contribution in [0.5, 0.6) is 0 Å². The number of rotatable bonds is 1. The maximum Gasteiger partial charge on any atom is 0.224 e. The van der Waals surface area contributed by atoms with E-state index < -0.39 is 6.23 Å². The number of piperidine rings is 1. The molecule has 17 heavy (non-hydrogen) atoms.